The van der Waals surface area contributed by atoms with E-state index in [-0.39, 0.29) is 5.91 Å². The van der Waals surface area contributed by atoms with Gasteiger partial charge in [0.05, 0.1) is 12.4 Å². The summed E-state index contributed by atoms with van der Waals surface area (Å²) in [6, 6.07) is 7.60. The molecule has 0 aliphatic carbocycles. The smallest absolute Gasteiger partial charge is 0.275 e. The van der Waals surface area contributed by atoms with E-state index in [1.807, 2.05) is 31.2 Å². The maximum atomic E-state index is 12.0. The van der Waals surface area contributed by atoms with E-state index >= 15 is 0 Å². The molecule has 0 radical (unpaired) electrons. The minimum absolute atomic E-state index is 0.261. The number of rotatable bonds is 5. The zero-order chi connectivity index (χ0) is 14.4. The Morgan fingerprint density at radius 3 is 2.50 bits per heavy atom. The van der Waals surface area contributed by atoms with Gasteiger partial charge in [-0.2, -0.15) is 0 Å². The lowest BCUT2D eigenvalue weighted by Crippen LogP contribution is -2.14. The van der Waals surface area contributed by atoms with E-state index in [0.29, 0.717) is 11.5 Å². The van der Waals surface area contributed by atoms with Gasteiger partial charge >= 0.3 is 0 Å². The third-order valence-corrected chi connectivity index (χ3v) is 2.75. The van der Waals surface area contributed by atoms with E-state index in [4.69, 9.17) is 0 Å². The number of anilines is 2. The number of carbonyl (C=O) groups is 1. The van der Waals surface area contributed by atoms with Gasteiger partial charge in [-0.15, -0.1) is 0 Å². The van der Waals surface area contributed by atoms with Crippen molar-refractivity contribution in [2.75, 3.05) is 17.2 Å². The van der Waals surface area contributed by atoms with Crippen molar-refractivity contribution in [1.29, 1.82) is 0 Å². The summed E-state index contributed by atoms with van der Waals surface area (Å²) in [6.45, 7) is 4.91. The van der Waals surface area contributed by atoms with Crippen LogP contribution in [0.1, 0.15) is 29.4 Å². The molecular weight excluding hydrogens is 252 g/mol. The van der Waals surface area contributed by atoms with E-state index in [0.717, 1.165) is 24.2 Å². The van der Waals surface area contributed by atoms with Gasteiger partial charge in [0, 0.05) is 12.2 Å². The Morgan fingerprint density at radius 1 is 1.15 bits per heavy atom. The standard InChI is InChI=1S/C15H18N4O/c1-3-8-16-14-10-17-13(9-18-14)15(20)19-12-6-4-11(2)5-7-12/h4-7,9-10H,3,8H2,1-2H3,(H,16,18)(H,19,20). The van der Waals surface area contributed by atoms with Gasteiger partial charge in [0.25, 0.3) is 5.91 Å². The number of hydrogen-bond acceptors (Lipinski definition) is 4. The molecule has 5 nitrogen and oxygen atoms in total. The molecule has 20 heavy (non-hydrogen) atoms. The fraction of sp³-hybridized carbons (Fsp3) is 0.267. The minimum Gasteiger partial charge on any atom is -0.369 e. The number of aryl methyl sites for hydroxylation is 1. The Bertz CT molecular complexity index is 563. The Hall–Kier alpha value is -2.43. The second kappa shape index (κ2) is 6.65. The summed E-state index contributed by atoms with van der Waals surface area (Å²) in [5, 5.41) is 5.90. The third-order valence-electron chi connectivity index (χ3n) is 2.75. The van der Waals surface area contributed by atoms with Crippen LogP contribution in [0.2, 0.25) is 0 Å². The Kier molecular flexibility index (Phi) is 4.65. The first-order chi connectivity index (χ1) is 9.69. The van der Waals surface area contributed by atoms with Gasteiger partial charge < -0.3 is 10.6 Å². The molecule has 0 spiro atoms. The molecule has 0 aliphatic heterocycles. The number of benzene rings is 1. The second-order valence-corrected chi connectivity index (χ2v) is 4.53. The van der Waals surface area contributed by atoms with Crippen molar-refractivity contribution >= 4 is 17.4 Å². The van der Waals surface area contributed by atoms with Crippen LogP contribution >= 0.6 is 0 Å². The predicted molar refractivity (Wildman–Crippen MR) is 79.9 cm³/mol. The predicted octanol–water partition coefficient (Wildman–Crippen LogP) is 2.86. The number of hydrogen-bond donors (Lipinski definition) is 2. The van der Waals surface area contributed by atoms with E-state index < -0.39 is 0 Å². The summed E-state index contributed by atoms with van der Waals surface area (Å²) in [6.07, 6.45) is 4.05. The number of amides is 1. The summed E-state index contributed by atoms with van der Waals surface area (Å²) in [4.78, 5) is 20.3. The number of nitrogens with zero attached hydrogens (tertiary/aromatic N) is 2. The third kappa shape index (κ3) is 3.78. The van der Waals surface area contributed by atoms with Crippen molar-refractivity contribution in [2.45, 2.75) is 20.3 Å². The lowest BCUT2D eigenvalue weighted by atomic mass is 10.2. The van der Waals surface area contributed by atoms with Gasteiger partial charge in [-0.05, 0) is 25.5 Å². The first-order valence-corrected chi connectivity index (χ1v) is 6.63. The zero-order valence-electron chi connectivity index (χ0n) is 11.7. The summed E-state index contributed by atoms with van der Waals surface area (Å²) in [5.74, 6) is 0.419. The molecule has 104 valence electrons. The van der Waals surface area contributed by atoms with Gasteiger partial charge in [0.15, 0.2) is 0 Å². The normalized spacial score (nSPS) is 10.1. The van der Waals surface area contributed by atoms with Crippen LogP contribution in [0.5, 0.6) is 0 Å². The van der Waals surface area contributed by atoms with Crippen molar-refractivity contribution in [3.8, 4) is 0 Å². The topological polar surface area (TPSA) is 66.9 Å². The van der Waals surface area contributed by atoms with E-state index in [2.05, 4.69) is 27.5 Å². The summed E-state index contributed by atoms with van der Waals surface area (Å²) in [5.41, 5.74) is 2.19. The van der Waals surface area contributed by atoms with Gasteiger partial charge in [-0.1, -0.05) is 24.6 Å². The maximum absolute atomic E-state index is 12.0. The molecule has 1 amide bonds. The van der Waals surface area contributed by atoms with Crippen LogP contribution in [-0.2, 0) is 0 Å². The summed E-state index contributed by atoms with van der Waals surface area (Å²) >= 11 is 0. The van der Waals surface area contributed by atoms with Crippen LogP contribution in [0.25, 0.3) is 0 Å². The van der Waals surface area contributed by atoms with Crippen LogP contribution in [0.15, 0.2) is 36.7 Å². The average Bonchev–Trinajstić information content (AvgIpc) is 2.48. The fourth-order valence-corrected chi connectivity index (χ4v) is 1.62. The number of nitrogens with one attached hydrogen (secondary N) is 2. The first kappa shape index (κ1) is 14.0. The lowest BCUT2D eigenvalue weighted by molar-refractivity contribution is 0.102. The Labute approximate surface area is 118 Å². The molecule has 1 aromatic carbocycles. The monoisotopic (exact) mass is 270 g/mol. The van der Waals surface area contributed by atoms with Gasteiger partial charge in [-0.25, -0.2) is 9.97 Å². The molecule has 0 fully saturated rings. The van der Waals surface area contributed by atoms with Crippen LogP contribution in [-0.4, -0.2) is 22.4 Å². The highest BCUT2D eigenvalue weighted by atomic mass is 16.1. The molecule has 0 unspecified atom stereocenters. The highest BCUT2D eigenvalue weighted by molar-refractivity contribution is 6.02. The summed E-state index contributed by atoms with van der Waals surface area (Å²) < 4.78 is 0. The lowest BCUT2D eigenvalue weighted by Gasteiger charge is -2.06. The van der Waals surface area contributed by atoms with Crippen LogP contribution in [0.3, 0.4) is 0 Å². The molecule has 2 rings (SSSR count). The van der Waals surface area contributed by atoms with Gasteiger partial charge in [-0.3, -0.25) is 4.79 Å². The number of carbonyl (C=O) groups excluding carboxylic acids is 1. The molecule has 1 heterocycles. The highest BCUT2D eigenvalue weighted by Crippen LogP contribution is 2.10. The second-order valence-electron chi connectivity index (χ2n) is 4.53. The van der Waals surface area contributed by atoms with E-state index in [9.17, 15) is 4.79 Å². The molecule has 0 atom stereocenters. The maximum Gasteiger partial charge on any atom is 0.275 e. The van der Waals surface area contributed by atoms with Crippen LogP contribution < -0.4 is 10.6 Å². The fourth-order valence-electron chi connectivity index (χ4n) is 1.62. The van der Waals surface area contributed by atoms with E-state index in [1.54, 1.807) is 6.20 Å². The Morgan fingerprint density at radius 2 is 1.90 bits per heavy atom. The van der Waals surface area contributed by atoms with Crippen molar-refractivity contribution in [3.63, 3.8) is 0 Å². The molecule has 0 bridgehead atoms. The van der Waals surface area contributed by atoms with Crippen molar-refractivity contribution < 1.29 is 4.79 Å². The molecule has 5 heteroatoms. The van der Waals surface area contributed by atoms with Crippen LogP contribution in [0, 0.1) is 6.92 Å². The average molecular weight is 270 g/mol. The first-order valence-electron chi connectivity index (χ1n) is 6.63. The molecule has 0 saturated carbocycles. The molecular formula is C15H18N4O. The van der Waals surface area contributed by atoms with Crippen LogP contribution in [0.4, 0.5) is 11.5 Å². The molecule has 2 aromatic rings. The SMILES string of the molecule is CCCNc1cnc(C(=O)Nc2ccc(C)cc2)cn1. The van der Waals surface area contributed by atoms with Crippen molar-refractivity contribution in [1.82, 2.24) is 9.97 Å². The van der Waals surface area contributed by atoms with E-state index in [1.165, 1.54) is 6.20 Å². The largest absolute Gasteiger partial charge is 0.369 e. The minimum atomic E-state index is -0.261. The molecule has 0 saturated heterocycles. The Balaban J connectivity index is 2.00. The number of aromatic nitrogens is 2. The van der Waals surface area contributed by atoms with Gasteiger partial charge in [0.1, 0.15) is 11.5 Å². The quantitative estimate of drug-likeness (QED) is 0.876. The molecule has 2 N–H and O–H groups in total. The highest BCUT2D eigenvalue weighted by Gasteiger charge is 2.08. The molecule has 1 aromatic heterocycles. The van der Waals surface area contributed by atoms with Gasteiger partial charge in [0.2, 0.25) is 0 Å². The van der Waals surface area contributed by atoms with Crippen molar-refractivity contribution in [2.24, 2.45) is 0 Å². The zero-order valence-corrected chi connectivity index (χ0v) is 11.7. The van der Waals surface area contributed by atoms with Crippen molar-refractivity contribution in [3.05, 3.63) is 47.9 Å². The molecule has 0 aliphatic rings. The summed E-state index contributed by atoms with van der Waals surface area (Å²) in [7, 11) is 0.